The second-order valence-corrected chi connectivity index (χ2v) is 2.55. The molecule has 1 aromatic carbocycles. The Kier molecular flexibility index (Phi) is 2.87. The van der Waals surface area contributed by atoms with Crippen molar-refractivity contribution < 1.29 is 19.7 Å². The number of hydrogen-bond acceptors (Lipinski definition) is 4. The van der Waals surface area contributed by atoms with Crippen molar-refractivity contribution in [1.29, 1.82) is 0 Å². The highest BCUT2D eigenvalue weighted by molar-refractivity contribution is 5.66. The quantitative estimate of drug-likeness (QED) is 0.527. The van der Waals surface area contributed by atoms with Crippen molar-refractivity contribution in [2.45, 2.75) is 13.2 Å². The minimum atomic E-state index is -1.27. The Labute approximate surface area is 75.4 Å². The summed E-state index contributed by atoms with van der Waals surface area (Å²) in [5, 5.41) is 18.2. The number of aliphatic hydroxyl groups excluding tert-OH is 1. The van der Waals surface area contributed by atoms with Gasteiger partial charge in [-0.15, -0.1) is 0 Å². The maximum Gasteiger partial charge on any atom is 0.305 e. The second-order valence-electron chi connectivity index (χ2n) is 2.55. The Balaban J connectivity index is 2.71. The van der Waals surface area contributed by atoms with Gasteiger partial charge in [0.1, 0.15) is 5.75 Å². The zero-order valence-electron chi connectivity index (χ0n) is 7.10. The number of aliphatic hydroxyl groups is 1. The number of aromatic hydroxyl groups is 1. The first-order valence-electron chi connectivity index (χ1n) is 3.74. The molecule has 0 bridgehead atoms. The smallest absolute Gasteiger partial charge is 0.305 e. The highest BCUT2D eigenvalue weighted by Gasteiger charge is 2.09. The van der Waals surface area contributed by atoms with Crippen LogP contribution in [0.2, 0.25) is 0 Å². The first-order chi connectivity index (χ1) is 6.09. The SMILES string of the molecule is CC(=O)OC(O)c1ccc(O)cc1. The van der Waals surface area contributed by atoms with E-state index in [0.29, 0.717) is 5.56 Å². The van der Waals surface area contributed by atoms with E-state index in [1.165, 1.54) is 31.2 Å². The topological polar surface area (TPSA) is 66.8 Å². The first-order valence-corrected chi connectivity index (χ1v) is 3.74. The van der Waals surface area contributed by atoms with Crippen LogP contribution in [0.3, 0.4) is 0 Å². The molecule has 1 aromatic rings. The molecule has 0 saturated carbocycles. The van der Waals surface area contributed by atoms with Crippen molar-refractivity contribution in [3.63, 3.8) is 0 Å². The van der Waals surface area contributed by atoms with Gasteiger partial charge in [-0.1, -0.05) is 0 Å². The number of esters is 1. The van der Waals surface area contributed by atoms with Crippen molar-refractivity contribution in [3.05, 3.63) is 29.8 Å². The van der Waals surface area contributed by atoms with Crippen LogP contribution in [-0.4, -0.2) is 16.2 Å². The average molecular weight is 182 g/mol. The van der Waals surface area contributed by atoms with Crippen LogP contribution in [-0.2, 0) is 9.53 Å². The van der Waals surface area contributed by atoms with E-state index in [4.69, 9.17) is 5.11 Å². The molecule has 4 heteroatoms. The van der Waals surface area contributed by atoms with Gasteiger partial charge in [0.25, 0.3) is 0 Å². The molecule has 0 saturated heterocycles. The molecule has 0 heterocycles. The Morgan fingerprint density at radius 3 is 2.38 bits per heavy atom. The lowest BCUT2D eigenvalue weighted by molar-refractivity contribution is -0.166. The van der Waals surface area contributed by atoms with Crippen LogP contribution in [0.15, 0.2) is 24.3 Å². The molecule has 0 aromatic heterocycles. The van der Waals surface area contributed by atoms with Gasteiger partial charge in [0.15, 0.2) is 0 Å². The molecule has 0 spiro atoms. The van der Waals surface area contributed by atoms with E-state index in [0.717, 1.165) is 0 Å². The largest absolute Gasteiger partial charge is 0.508 e. The number of benzene rings is 1. The predicted octanol–water partition coefficient (Wildman–Crippen LogP) is 0.946. The van der Waals surface area contributed by atoms with E-state index >= 15 is 0 Å². The minimum absolute atomic E-state index is 0.0961. The summed E-state index contributed by atoms with van der Waals surface area (Å²) in [5.74, 6) is -0.459. The van der Waals surface area contributed by atoms with E-state index in [-0.39, 0.29) is 5.75 Å². The summed E-state index contributed by atoms with van der Waals surface area (Å²) in [7, 11) is 0. The molecule has 0 aliphatic rings. The van der Waals surface area contributed by atoms with Crippen molar-refractivity contribution in [2.24, 2.45) is 0 Å². The van der Waals surface area contributed by atoms with Crippen molar-refractivity contribution in [1.82, 2.24) is 0 Å². The third kappa shape index (κ3) is 2.76. The van der Waals surface area contributed by atoms with E-state index in [2.05, 4.69) is 4.74 Å². The van der Waals surface area contributed by atoms with Crippen molar-refractivity contribution >= 4 is 5.97 Å². The van der Waals surface area contributed by atoms with E-state index in [9.17, 15) is 9.90 Å². The van der Waals surface area contributed by atoms with Crippen LogP contribution in [0.1, 0.15) is 18.8 Å². The van der Waals surface area contributed by atoms with Crippen molar-refractivity contribution in [3.8, 4) is 5.75 Å². The maximum absolute atomic E-state index is 10.5. The van der Waals surface area contributed by atoms with Gasteiger partial charge in [0, 0.05) is 12.5 Å². The van der Waals surface area contributed by atoms with Crippen LogP contribution in [0.5, 0.6) is 5.75 Å². The molecule has 13 heavy (non-hydrogen) atoms. The van der Waals surface area contributed by atoms with Gasteiger partial charge in [0.2, 0.25) is 6.29 Å². The summed E-state index contributed by atoms with van der Waals surface area (Å²) >= 11 is 0. The number of carbonyl (C=O) groups excluding carboxylic acids is 1. The molecular weight excluding hydrogens is 172 g/mol. The Morgan fingerprint density at radius 2 is 1.92 bits per heavy atom. The number of ether oxygens (including phenoxy) is 1. The van der Waals surface area contributed by atoms with Gasteiger partial charge in [-0.3, -0.25) is 4.79 Å². The fourth-order valence-electron chi connectivity index (χ4n) is 0.864. The highest BCUT2D eigenvalue weighted by Crippen LogP contribution is 2.17. The third-order valence-corrected chi connectivity index (χ3v) is 1.46. The first kappa shape index (κ1) is 9.54. The number of phenolic OH excluding ortho intramolecular Hbond substituents is 1. The summed E-state index contributed by atoms with van der Waals surface area (Å²) in [4.78, 5) is 10.5. The van der Waals surface area contributed by atoms with Crippen LogP contribution in [0.4, 0.5) is 0 Å². The maximum atomic E-state index is 10.5. The van der Waals surface area contributed by atoms with Gasteiger partial charge >= 0.3 is 5.97 Å². The molecule has 0 aliphatic heterocycles. The van der Waals surface area contributed by atoms with Gasteiger partial charge in [0.05, 0.1) is 0 Å². The lowest BCUT2D eigenvalue weighted by Gasteiger charge is -2.10. The molecule has 70 valence electrons. The zero-order valence-corrected chi connectivity index (χ0v) is 7.10. The standard InChI is InChI=1S/C9H10O4/c1-6(10)13-9(12)7-2-4-8(11)5-3-7/h2-5,9,11-12H,1H3. The summed E-state index contributed by atoms with van der Waals surface area (Å²) in [5.41, 5.74) is 0.424. The number of rotatable bonds is 2. The average Bonchev–Trinajstić information content (AvgIpc) is 2.04. The Morgan fingerprint density at radius 1 is 1.38 bits per heavy atom. The zero-order chi connectivity index (χ0) is 9.84. The molecule has 1 unspecified atom stereocenters. The Bertz CT molecular complexity index is 291. The summed E-state index contributed by atoms with van der Waals surface area (Å²) < 4.78 is 4.51. The summed E-state index contributed by atoms with van der Waals surface area (Å²) in [6.07, 6.45) is -1.27. The molecule has 0 radical (unpaired) electrons. The number of phenols is 1. The van der Waals surface area contributed by atoms with Crippen LogP contribution in [0.25, 0.3) is 0 Å². The van der Waals surface area contributed by atoms with E-state index < -0.39 is 12.3 Å². The fraction of sp³-hybridized carbons (Fsp3) is 0.222. The lowest BCUT2D eigenvalue weighted by atomic mass is 10.2. The molecule has 2 N–H and O–H groups in total. The number of carbonyl (C=O) groups is 1. The van der Waals surface area contributed by atoms with E-state index in [1.807, 2.05) is 0 Å². The normalized spacial score (nSPS) is 12.2. The molecule has 1 rings (SSSR count). The Hall–Kier alpha value is -1.55. The minimum Gasteiger partial charge on any atom is -0.508 e. The van der Waals surface area contributed by atoms with Gasteiger partial charge in [-0.05, 0) is 24.3 Å². The third-order valence-electron chi connectivity index (χ3n) is 1.46. The fourth-order valence-corrected chi connectivity index (χ4v) is 0.864. The molecule has 1 atom stereocenters. The molecule has 4 nitrogen and oxygen atoms in total. The molecule has 0 aliphatic carbocycles. The molecule has 0 fully saturated rings. The van der Waals surface area contributed by atoms with Crippen LogP contribution in [0, 0.1) is 0 Å². The van der Waals surface area contributed by atoms with Gasteiger partial charge in [-0.25, -0.2) is 0 Å². The van der Waals surface area contributed by atoms with E-state index in [1.54, 1.807) is 0 Å². The summed E-state index contributed by atoms with van der Waals surface area (Å²) in [6, 6.07) is 5.76. The predicted molar refractivity (Wildman–Crippen MR) is 44.8 cm³/mol. The molecular formula is C9H10O4. The van der Waals surface area contributed by atoms with Crippen LogP contribution >= 0.6 is 0 Å². The summed E-state index contributed by atoms with van der Waals surface area (Å²) in [6.45, 7) is 1.21. The van der Waals surface area contributed by atoms with Crippen molar-refractivity contribution in [2.75, 3.05) is 0 Å². The van der Waals surface area contributed by atoms with Gasteiger partial charge < -0.3 is 14.9 Å². The van der Waals surface area contributed by atoms with Crippen LogP contribution < -0.4 is 0 Å². The van der Waals surface area contributed by atoms with Gasteiger partial charge in [-0.2, -0.15) is 0 Å². The number of hydrogen-bond donors (Lipinski definition) is 2. The second kappa shape index (κ2) is 3.91. The molecule has 0 amide bonds. The monoisotopic (exact) mass is 182 g/mol. The highest BCUT2D eigenvalue weighted by atomic mass is 16.6. The lowest BCUT2D eigenvalue weighted by Crippen LogP contribution is -2.06.